The van der Waals surface area contributed by atoms with Gasteiger partial charge in [0.1, 0.15) is 5.75 Å². The third kappa shape index (κ3) is 5.34. The Morgan fingerprint density at radius 1 is 1.19 bits per heavy atom. The molecule has 4 heteroatoms. The quantitative estimate of drug-likeness (QED) is 0.815. The van der Waals surface area contributed by atoms with Gasteiger partial charge in [-0.05, 0) is 38.3 Å². The zero-order valence-corrected chi connectivity index (χ0v) is 14.4. The molecule has 0 bridgehead atoms. The van der Waals surface area contributed by atoms with E-state index < -0.39 is 0 Å². The second kappa shape index (κ2) is 7.30. The fourth-order valence-corrected chi connectivity index (χ4v) is 2.86. The van der Waals surface area contributed by atoms with E-state index in [-0.39, 0.29) is 5.54 Å². The number of hydrogen-bond acceptors (Lipinski definition) is 3. The second-order valence-corrected chi connectivity index (χ2v) is 7.45. The molecule has 0 fully saturated rings. The fourth-order valence-electron chi connectivity index (χ4n) is 1.92. The van der Waals surface area contributed by atoms with Gasteiger partial charge < -0.3 is 10.1 Å². The molecule has 1 N–H and O–H groups in total. The number of thiophene rings is 1. The van der Waals surface area contributed by atoms with Crippen molar-refractivity contribution >= 4 is 22.9 Å². The van der Waals surface area contributed by atoms with E-state index in [0.29, 0.717) is 11.6 Å². The molecule has 0 amide bonds. The standard InChI is InChI=1S/C17H22ClNOS/c1-17(2,3)19-12-13-6-4-8-15(18)16(13)20-10-9-14-7-5-11-21-14/h4-8,11,19H,9-10,12H2,1-3H3. The van der Waals surface area contributed by atoms with Crippen molar-refractivity contribution in [3.05, 3.63) is 51.2 Å². The molecule has 21 heavy (non-hydrogen) atoms. The molecule has 1 heterocycles. The van der Waals surface area contributed by atoms with Crippen molar-refractivity contribution in [2.45, 2.75) is 39.3 Å². The number of rotatable bonds is 6. The molecule has 0 aliphatic heterocycles. The molecule has 0 atom stereocenters. The van der Waals surface area contributed by atoms with Crippen LogP contribution in [0, 0.1) is 0 Å². The molecule has 0 aliphatic carbocycles. The van der Waals surface area contributed by atoms with Crippen LogP contribution in [0.1, 0.15) is 31.2 Å². The molecular formula is C17H22ClNOS. The lowest BCUT2D eigenvalue weighted by Crippen LogP contribution is -2.35. The van der Waals surface area contributed by atoms with Crippen molar-refractivity contribution in [2.24, 2.45) is 0 Å². The molecule has 0 saturated carbocycles. The largest absolute Gasteiger partial charge is 0.491 e. The lowest BCUT2D eigenvalue weighted by atomic mass is 10.1. The second-order valence-electron chi connectivity index (χ2n) is 6.01. The van der Waals surface area contributed by atoms with Crippen molar-refractivity contribution in [3.63, 3.8) is 0 Å². The minimum absolute atomic E-state index is 0.0660. The van der Waals surface area contributed by atoms with Gasteiger partial charge in [-0.15, -0.1) is 11.3 Å². The number of benzene rings is 1. The highest BCUT2D eigenvalue weighted by atomic mass is 35.5. The summed E-state index contributed by atoms with van der Waals surface area (Å²) in [6, 6.07) is 10.1. The van der Waals surface area contributed by atoms with Crippen LogP contribution in [-0.2, 0) is 13.0 Å². The highest BCUT2D eigenvalue weighted by Gasteiger charge is 2.13. The molecular weight excluding hydrogens is 302 g/mol. The maximum absolute atomic E-state index is 6.29. The van der Waals surface area contributed by atoms with E-state index in [0.717, 1.165) is 24.3 Å². The first-order valence-electron chi connectivity index (χ1n) is 7.13. The number of ether oxygens (including phenoxy) is 1. The molecule has 2 aromatic rings. The van der Waals surface area contributed by atoms with Gasteiger partial charge in [-0.25, -0.2) is 0 Å². The zero-order valence-electron chi connectivity index (χ0n) is 12.8. The van der Waals surface area contributed by atoms with Gasteiger partial charge in [-0.1, -0.05) is 29.8 Å². The van der Waals surface area contributed by atoms with E-state index in [1.165, 1.54) is 4.88 Å². The van der Waals surface area contributed by atoms with Gasteiger partial charge >= 0.3 is 0 Å². The summed E-state index contributed by atoms with van der Waals surface area (Å²) in [6.45, 7) is 7.84. The Morgan fingerprint density at radius 2 is 2.00 bits per heavy atom. The Labute approximate surface area is 136 Å². The van der Waals surface area contributed by atoms with Crippen LogP contribution in [0.15, 0.2) is 35.7 Å². The maximum atomic E-state index is 6.29. The van der Waals surface area contributed by atoms with Gasteiger partial charge in [0.2, 0.25) is 0 Å². The Hall–Kier alpha value is -1.03. The number of nitrogens with one attached hydrogen (secondary N) is 1. The summed E-state index contributed by atoms with van der Waals surface area (Å²) in [6.07, 6.45) is 0.912. The number of halogens is 1. The normalized spacial score (nSPS) is 11.6. The average Bonchev–Trinajstić information content (AvgIpc) is 2.91. The maximum Gasteiger partial charge on any atom is 0.142 e. The SMILES string of the molecule is CC(C)(C)NCc1cccc(Cl)c1OCCc1cccs1. The van der Waals surface area contributed by atoms with Crippen LogP contribution in [-0.4, -0.2) is 12.1 Å². The van der Waals surface area contributed by atoms with Crippen molar-refractivity contribution in [1.82, 2.24) is 5.32 Å². The summed E-state index contributed by atoms with van der Waals surface area (Å²) in [5, 5.41) is 6.24. The molecule has 0 saturated heterocycles. The van der Waals surface area contributed by atoms with E-state index in [1.807, 2.05) is 12.1 Å². The first kappa shape index (κ1) is 16.3. The van der Waals surface area contributed by atoms with Crippen molar-refractivity contribution < 1.29 is 4.74 Å². The van der Waals surface area contributed by atoms with Crippen LogP contribution in [0.3, 0.4) is 0 Å². The Bertz CT molecular complexity index is 561. The molecule has 0 radical (unpaired) electrons. The molecule has 114 valence electrons. The van der Waals surface area contributed by atoms with Crippen molar-refractivity contribution in [1.29, 1.82) is 0 Å². The predicted molar refractivity (Wildman–Crippen MR) is 91.6 cm³/mol. The molecule has 0 unspecified atom stereocenters. The summed E-state index contributed by atoms with van der Waals surface area (Å²) in [7, 11) is 0. The van der Waals surface area contributed by atoms with Gasteiger partial charge in [0.25, 0.3) is 0 Å². The van der Waals surface area contributed by atoms with Crippen LogP contribution in [0.25, 0.3) is 0 Å². The van der Waals surface area contributed by atoms with Crippen LogP contribution in [0.4, 0.5) is 0 Å². The van der Waals surface area contributed by atoms with Crippen molar-refractivity contribution in [3.8, 4) is 5.75 Å². The van der Waals surface area contributed by atoms with Crippen LogP contribution >= 0.6 is 22.9 Å². The van der Waals surface area contributed by atoms with E-state index in [4.69, 9.17) is 16.3 Å². The highest BCUT2D eigenvalue weighted by Crippen LogP contribution is 2.29. The highest BCUT2D eigenvalue weighted by molar-refractivity contribution is 7.09. The predicted octanol–water partition coefficient (Wildman–Crippen LogP) is 4.91. The number of para-hydroxylation sites is 1. The summed E-state index contributed by atoms with van der Waals surface area (Å²) in [5.74, 6) is 0.799. The minimum atomic E-state index is 0.0660. The Kier molecular flexibility index (Phi) is 5.68. The fraction of sp³-hybridized carbons (Fsp3) is 0.412. The van der Waals surface area contributed by atoms with Crippen LogP contribution < -0.4 is 10.1 Å². The molecule has 1 aromatic heterocycles. The lowest BCUT2D eigenvalue weighted by molar-refractivity contribution is 0.316. The Balaban J connectivity index is 1.99. The lowest BCUT2D eigenvalue weighted by Gasteiger charge is -2.22. The van der Waals surface area contributed by atoms with E-state index in [9.17, 15) is 0 Å². The van der Waals surface area contributed by atoms with Gasteiger partial charge in [0.15, 0.2) is 0 Å². The minimum Gasteiger partial charge on any atom is -0.491 e. The third-order valence-corrected chi connectivity index (χ3v) is 4.27. The molecule has 1 aromatic carbocycles. The summed E-state index contributed by atoms with van der Waals surface area (Å²) in [4.78, 5) is 1.33. The average molecular weight is 324 g/mol. The molecule has 0 spiro atoms. The first-order valence-corrected chi connectivity index (χ1v) is 8.39. The van der Waals surface area contributed by atoms with Crippen molar-refractivity contribution in [2.75, 3.05) is 6.61 Å². The van der Waals surface area contributed by atoms with Gasteiger partial charge in [0.05, 0.1) is 11.6 Å². The first-order chi connectivity index (χ1) is 9.96. The zero-order chi connectivity index (χ0) is 15.3. The van der Waals surface area contributed by atoms with E-state index >= 15 is 0 Å². The summed E-state index contributed by atoms with van der Waals surface area (Å²) < 4.78 is 5.94. The topological polar surface area (TPSA) is 21.3 Å². The Morgan fingerprint density at radius 3 is 2.67 bits per heavy atom. The van der Waals surface area contributed by atoms with Crippen LogP contribution in [0.2, 0.25) is 5.02 Å². The number of hydrogen-bond donors (Lipinski definition) is 1. The van der Waals surface area contributed by atoms with Gasteiger partial charge in [-0.3, -0.25) is 0 Å². The summed E-state index contributed by atoms with van der Waals surface area (Å²) >= 11 is 8.04. The molecule has 2 rings (SSSR count). The monoisotopic (exact) mass is 323 g/mol. The summed E-state index contributed by atoms with van der Waals surface area (Å²) in [5.41, 5.74) is 1.17. The third-order valence-electron chi connectivity index (χ3n) is 3.03. The van der Waals surface area contributed by atoms with Crippen LogP contribution in [0.5, 0.6) is 5.75 Å². The smallest absolute Gasteiger partial charge is 0.142 e. The molecule has 0 aliphatic rings. The molecule has 2 nitrogen and oxygen atoms in total. The van der Waals surface area contributed by atoms with Gasteiger partial charge in [-0.2, -0.15) is 0 Å². The van der Waals surface area contributed by atoms with Gasteiger partial charge in [0, 0.05) is 28.9 Å². The van der Waals surface area contributed by atoms with E-state index in [1.54, 1.807) is 11.3 Å². The van der Waals surface area contributed by atoms with E-state index in [2.05, 4.69) is 49.7 Å².